The third-order valence-electron chi connectivity index (χ3n) is 5.38. The summed E-state index contributed by atoms with van der Waals surface area (Å²) in [4.78, 5) is 30.2. The van der Waals surface area contributed by atoms with Crippen molar-refractivity contribution in [3.05, 3.63) is 30.1 Å². The zero-order chi connectivity index (χ0) is 18.5. The van der Waals surface area contributed by atoms with Crippen LogP contribution in [0, 0.1) is 5.82 Å². The van der Waals surface area contributed by atoms with Crippen molar-refractivity contribution in [3.63, 3.8) is 0 Å². The first-order chi connectivity index (χ1) is 12.5. The number of nitrogens with two attached hydrogens (primary N) is 1. The molecular formula is C19H27FN4O2. The molecule has 1 aromatic rings. The summed E-state index contributed by atoms with van der Waals surface area (Å²) in [6.45, 7) is 4.23. The molecular weight excluding hydrogens is 335 g/mol. The maximum absolute atomic E-state index is 13.0. The maximum atomic E-state index is 13.0. The smallest absolute Gasteiger partial charge is 0.234 e. The minimum Gasteiger partial charge on any atom is -0.368 e. The van der Waals surface area contributed by atoms with Crippen LogP contribution in [-0.4, -0.2) is 66.9 Å². The molecule has 0 bridgehead atoms. The van der Waals surface area contributed by atoms with E-state index in [9.17, 15) is 14.0 Å². The van der Waals surface area contributed by atoms with E-state index in [-0.39, 0.29) is 23.7 Å². The fourth-order valence-electron chi connectivity index (χ4n) is 3.84. The van der Waals surface area contributed by atoms with E-state index < -0.39 is 0 Å². The Bertz CT molecular complexity index is 629. The number of hydrogen-bond acceptors (Lipinski definition) is 4. The summed E-state index contributed by atoms with van der Waals surface area (Å²) in [7, 11) is 0. The predicted molar refractivity (Wildman–Crippen MR) is 98.2 cm³/mol. The van der Waals surface area contributed by atoms with Crippen LogP contribution in [0.2, 0.25) is 0 Å². The van der Waals surface area contributed by atoms with Crippen molar-refractivity contribution in [2.75, 3.05) is 44.2 Å². The van der Waals surface area contributed by atoms with Crippen LogP contribution < -0.4 is 10.6 Å². The zero-order valence-corrected chi connectivity index (χ0v) is 15.1. The molecule has 0 aliphatic carbocycles. The van der Waals surface area contributed by atoms with Gasteiger partial charge in [-0.3, -0.25) is 14.5 Å². The number of nitrogens with zero attached hydrogens (tertiary/aromatic N) is 3. The van der Waals surface area contributed by atoms with E-state index in [1.54, 1.807) is 12.1 Å². The van der Waals surface area contributed by atoms with Gasteiger partial charge in [0, 0.05) is 44.8 Å². The summed E-state index contributed by atoms with van der Waals surface area (Å²) in [6.07, 6.45) is 3.28. The molecule has 2 aliphatic rings. The van der Waals surface area contributed by atoms with Gasteiger partial charge in [-0.1, -0.05) is 6.42 Å². The van der Waals surface area contributed by atoms with Gasteiger partial charge in [0.15, 0.2) is 0 Å². The summed E-state index contributed by atoms with van der Waals surface area (Å²) in [6, 6.07) is 6.23. The lowest BCUT2D eigenvalue weighted by molar-refractivity contribution is -0.133. The second kappa shape index (κ2) is 8.49. The molecule has 2 saturated heterocycles. The van der Waals surface area contributed by atoms with Crippen LogP contribution in [0.4, 0.5) is 10.1 Å². The van der Waals surface area contributed by atoms with Gasteiger partial charge < -0.3 is 15.5 Å². The molecule has 0 spiro atoms. The molecule has 142 valence electrons. The molecule has 2 aliphatic heterocycles. The Morgan fingerprint density at radius 3 is 2.38 bits per heavy atom. The quantitative estimate of drug-likeness (QED) is 0.855. The minimum atomic E-state index is -0.287. The number of piperidine rings is 1. The summed E-state index contributed by atoms with van der Waals surface area (Å²) in [5, 5.41) is 0. The first-order valence-electron chi connectivity index (χ1n) is 9.36. The molecule has 3 rings (SSSR count). The molecule has 2 N–H and O–H groups in total. The van der Waals surface area contributed by atoms with Crippen LogP contribution in [0.3, 0.4) is 0 Å². The lowest BCUT2D eigenvalue weighted by Gasteiger charge is -2.37. The van der Waals surface area contributed by atoms with E-state index >= 15 is 0 Å². The molecule has 1 unspecified atom stereocenters. The van der Waals surface area contributed by atoms with Crippen molar-refractivity contribution < 1.29 is 14.0 Å². The Morgan fingerprint density at radius 2 is 1.73 bits per heavy atom. The number of halogens is 1. The fourth-order valence-corrected chi connectivity index (χ4v) is 3.84. The molecule has 1 aromatic carbocycles. The van der Waals surface area contributed by atoms with E-state index in [1.165, 1.54) is 12.1 Å². The Balaban J connectivity index is 1.46. The Hall–Kier alpha value is -2.15. The van der Waals surface area contributed by atoms with Crippen molar-refractivity contribution >= 4 is 17.5 Å². The number of benzene rings is 1. The Kier molecular flexibility index (Phi) is 6.08. The number of piperazine rings is 1. The van der Waals surface area contributed by atoms with E-state index in [2.05, 4.69) is 9.80 Å². The standard InChI is InChI=1S/C19H27FN4O2/c20-15-4-6-16(7-5-15)22-11-13-24(14-12-22)18(25)8-10-23-9-2-1-3-17(23)19(21)26/h4-7,17H,1-3,8-14H2,(H2,21,26). The fraction of sp³-hybridized carbons (Fsp3) is 0.579. The van der Waals surface area contributed by atoms with E-state index in [0.717, 1.165) is 44.6 Å². The third kappa shape index (κ3) is 4.52. The monoisotopic (exact) mass is 362 g/mol. The lowest BCUT2D eigenvalue weighted by Crippen LogP contribution is -2.51. The van der Waals surface area contributed by atoms with Gasteiger partial charge in [-0.05, 0) is 43.7 Å². The summed E-state index contributed by atoms with van der Waals surface area (Å²) >= 11 is 0. The number of amides is 2. The number of anilines is 1. The zero-order valence-electron chi connectivity index (χ0n) is 15.1. The average molecular weight is 362 g/mol. The van der Waals surface area contributed by atoms with Gasteiger partial charge in [0.2, 0.25) is 11.8 Å². The summed E-state index contributed by atoms with van der Waals surface area (Å²) in [5.41, 5.74) is 6.46. The Morgan fingerprint density at radius 1 is 1.04 bits per heavy atom. The van der Waals surface area contributed by atoms with Crippen LogP contribution in [0.5, 0.6) is 0 Å². The van der Waals surface area contributed by atoms with Crippen LogP contribution in [-0.2, 0) is 9.59 Å². The van der Waals surface area contributed by atoms with Gasteiger partial charge >= 0.3 is 0 Å². The predicted octanol–water partition coefficient (Wildman–Crippen LogP) is 1.20. The third-order valence-corrected chi connectivity index (χ3v) is 5.38. The average Bonchev–Trinajstić information content (AvgIpc) is 2.67. The highest BCUT2D eigenvalue weighted by Crippen LogP contribution is 2.19. The molecule has 2 fully saturated rings. The Labute approximate surface area is 153 Å². The molecule has 2 amide bonds. The molecule has 7 heteroatoms. The van der Waals surface area contributed by atoms with Crippen molar-refractivity contribution in [2.45, 2.75) is 31.7 Å². The van der Waals surface area contributed by atoms with Crippen LogP contribution in [0.25, 0.3) is 0 Å². The number of rotatable bonds is 5. The van der Waals surface area contributed by atoms with E-state index in [4.69, 9.17) is 5.73 Å². The lowest BCUT2D eigenvalue weighted by atomic mass is 10.0. The van der Waals surface area contributed by atoms with Gasteiger partial charge in [0.1, 0.15) is 5.82 Å². The summed E-state index contributed by atoms with van der Waals surface area (Å²) < 4.78 is 13.0. The van der Waals surface area contributed by atoms with Crippen LogP contribution in [0.1, 0.15) is 25.7 Å². The normalized spacial score (nSPS) is 21.7. The van der Waals surface area contributed by atoms with Crippen molar-refractivity contribution in [1.29, 1.82) is 0 Å². The second-order valence-corrected chi connectivity index (χ2v) is 7.04. The van der Waals surface area contributed by atoms with Crippen molar-refractivity contribution in [1.82, 2.24) is 9.80 Å². The second-order valence-electron chi connectivity index (χ2n) is 7.04. The van der Waals surface area contributed by atoms with Gasteiger partial charge in [-0.2, -0.15) is 0 Å². The molecule has 26 heavy (non-hydrogen) atoms. The number of carbonyl (C=O) groups is 2. The van der Waals surface area contributed by atoms with E-state index in [1.807, 2.05) is 4.90 Å². The van der Waals surface area contributed by atoms with Gasteiger partial charge in [0.25, 0.3) is 0 Å². The highest BCUT2D eigenvalue weighted by molar-refractivity contribution is 5.80. The van der Waals surface area contributed by atoms with Gasteiger partial charge in [-0.15, -0.1) is 0 Å². The van der Waals surface area contributed by atoms with Crippen LogP contribution in [0.15, 0.2) is 24.3 Å². The largest absolute Gasteiger partial charge is 0.368 e. The first-order valence-corrected chi connectivity index (χ1v) is 9.36. The van der Waals surface area contributed by atoms with Crippen molar-refractivity contribution in [2.24, 2.45) is 5.73 Å². The molecule has 0 saturated carbocycles. The maximum Gasteiger partial charge on any atom is 0.234 e. The number of primary amides is 1. The van der Waals surface area contributed by atoms with Crippen LogP contribution >= 0.6 is 0 Å². The minimum absolute atomic E-state index is 0.123. The summed E-state index contributed by atoms with van der Waals surface area (Å²) in [5.74, 6) is -0.405. The SMILES string of the molecule is NC(=O)C1CCCCN1CCC(=O)N1CCN(c2ccc(F)cc2)CC1. The molecule has 1 atom stereocenters. The highest BCUT2D eigenvalue weighted by atomic mass is 19.1. The van der Waals surface area contributed by atoms with E-state index in [0.29, 0.717) is 26.1 Å². The highest BCUT2D eigenvalue weighted by Gasteiger charge is 2.28. The number of carbonyl (C=O) groups excluding carboxylic acids is 2. The van der Waals surface area contributed by atoms with Crippen molar-refractivity contribution in [3.8, 4) is 0 Å². The topological polar surface area (TPSA) is 69.9 Å². The van der Waals surface area contributed by atoms with Gasteiger partial charge in [0.05, 0.1) is 6.04 Å². The van der Waals surface area contributed by atoms with Gasteiger partial charge in [-0.25, -0.2) is 4.39 Å². The molecule has 0 radical (unpaired) electrons. The number of hydrogen-bond donors (Lipinski definition) is 1. The first kappa shape index (κ1) is 18.6. The molecule has 0 aromatic heterocycles. The number of likely N-dealkylation sites (tertiary alicyclic amines) is 1. The molecule has 6 nitrogen and oxygen atoms in total. The molecule has 2 heterocycles.